The number of hydrogen-bond acceptors (Lipinski definition) is 2. The van der Waals surface area contributed by atoms with E-state index in [4.69, 9.17) is 5.11 Å². The predicted molar refractivity (Wildman–Crippen MR) is 59.6 cm³/mol. The van der Waals surface area contributed by atoms with Crippen molar-refractivity contribution in [1.29, 1.82) is 0 Å². The van der Waals surface area contributed by atoms with E-state index in [2.05, 4.69) is 21.2 Å². The maximum Gasteiger partial charge on any atom is 0.305 e. The van der Waals surface area contributed by atoms with E-state index in [0.29, 0.717) is 6.54 Å². The quantitative estimate of drug-likeness (QED) is 0.872. The molecule has 0 unspecified atom stereocenters. The molecule has 3 nitrogen and oxygen atoms in total. The molecule has 0 saturated carbocycles. The van der Waals surface area contributed by atoms with Crippen LogP contribution < -0.4 is 5.32 Å². The van der Waals surface area contributed by atoms with Crippen LogP contribution in [0.1, 0.15) is 12.0 Å². The van der Waals surface area contributed by atoms with Crippen LogP contribution in [0.25, 0.3) is 0 Å². The molecule has 0 aliphatic heterocycles. The number of benzene rings is 1. The summed E-state index contributed by atoms with van der Waals surface area (Å²) in [6.07, 6.45) is 0.125. The minimum absolute atomic E-state index is 0.125. The van der Waals surface area contributed by atoms with Crippen molar-refractivity contribution in [2.45, 2.75) is 13.3 Å². The summed E-state index contributed by atoms with van der Waals surface area (Å²) in [5.41, 5.74) is 2.09. The average molecular weight is 258 g/mol. The summed E-state index contributed by atoms with van der Waals surface area (Å²) >= 11 is 3.40. The van der Waals surface area contributed by atoms with Crippen LogP contribution in [0.3, 0.4) is 0 Å². The number of carbonyl (C=O) groups is 1. The van der Waals surface area contributed by atoms with Gasteiger partial charge in [0, 0.05) is 16.7 Å². The molecule has 1 aromatic carbocycles. The van der Waals surface area contributed by atoms with E-state index >= 15 is 0 Å². The highest BCUT2D eigenvalue weighted by molar-refractivity contribution is 9.10. The van der Waals surface area contributed by atoms with Crippen LogP contribution in [-0.4, -0.2) is 17.6 Å². The van der Waals surface area contributed by atoms with Gasteiger partial charge in [-0.15, -0.1) is 0 Å². The summed E-state index contributed by atoms with van der Waals surface area (Å²) in [4.78, 5) is 10.3. The first-order valence-corrected chi connectivity index (χ1v) is 5.10. The summed E-state index contributed by atoms with van der Waals surface area (Å²) < 4.78 is 0.961. The summed E-state index contributed by atoms with van der Waals surface area (Å²) in [5.74, 6) is -0.791. The third kappa shape index (κ3) is 3.38. The molecular formula is C10H12BrNO2. The van der Waals surface area contributed by atoms with Crippen molar-refractivity contribution in [3.63, 3.8) is 0 Å². The first-order valence-electron chi connectivity index (χ1n) is 4.31. The Balaban J connectivity index is 2.55. The number of aliphatic carboxylic acids is 1. The lowest BCUT2D eigenvalue weighted by Crippen LogP contribution is -2.07. The molecule has 0 spiro atoms. The van der Waals surface area contributed by atoms with Gasteiger partial charge in [-0.25, -0.2) is 0 Å². The molecule has 0 saturated heterocycles. The van der Waals surface area contributed by atoms with Crippen LogP contribution in [-0.2, 0) is 4.79 Å². The largest absolute Gasteiger partial charge is 0.481 e. The molecule has 0 atom stereocenters. The van der Waals surface area contributed by atoms with Gasteiger partial charge in [0.25, 0.3) is 0 Å². The molecular weight excluding hydrogens is 246 g/mol. The molecule has 14 heavy (non-hydrogen) atoms. The number of rotatable bonds is 4. The second-order valence-electron chi connectivity index (χ2n) is 3.05. The third-order valence-corrected chi connectivity index (χ3v) is 2.43. The van der Waals surface area contributed by atoms with E-state index in [9.17, 15) is 4.79 Å². The first-order chi connectivity index (χ1) is 6.59. The van der Waals surface area contributed by atoms with Crippen molar-refractivity contribution in [2.75, 3.05) is 11.9 Å². The van der Waals surface area contributed by atoms with E-state index in [0.717, 1.165) is 10.2 Å². The number of halogens is 1. The van der Waals surface area contributed by atoms with Gasteiger partial charge in [-0.3, -0.25) is 4.79 Å². The number of nitrogens with one attached hydrogen (secondary N) is 1. The van der Waals surface area contributed by atoms with E-state index in [1.165, 1.54) is 5.56 Å². The van der Waals surface area contributed by atoms with Gasteiger partial charge in [-0.2, -0.15) is 0 Å². The summed E-state index contributed by atoms with van der Waals surface area (Å²) in [5, 5.41) is 11.5. The van der Waals surface area contributed by atoms with Crippen LogP contribution in [0.4, 0.5) is 5.69 Å². The fraction of sp³-hybridized carbons (Fsp3) is 0.300. The smallest absolute Gasteiger partial charge is 0.305 e. The van der Waals surface area contributed by atoms with Gasteiger partial charge in [0.05, 0.1) is 6.42 Å². The molecule has 1 rings (SSSR count). The molecule has 0 heterocycles. The number of aryl methyl sites for hydroxylation is 1. The van der Waals surface area contributed by atoms with E-state index < -0.39 is 5.97 Å². The van der Waals surface area contributed by atoms with Gasteiger partial charge in [0.1, 0.15) is 0 Å². The van der Waals surface area contributed by atoms with E-state index in [1.54, 1.807) is 0 Å². The minimum Gasteiger partial charge on any atom is -0.481 e. The SMILES string of the molecule is Cc1ccc(NCCC(=O)O)c(Br)c1. The lowest BCUT2D eigenvalue weighted by atomic mass is 10.2. The highest BCUT2D eigenvalue weighted by Crippen LogP contribution is 2.23. The molecule has 0 amide bonds. The van der Waals surface area contributed by atoms with Crippen molar-refractivity contribution in [2.24, 2.45) is 0 Å². The fourth-order valence-corrected chi connectivity index (χ4v) is 1.70. The van der Waals surface area contributed by atoms with Gasteiger partial charge in [-0.05, 0) is 40.5 Å². The number of hydrogen-bond donors (Lipinski definition) is 2. The first kappa shape index (κ1) is 11.0. The van der Waals surface area contributed by atoms with Crippen LogP contribution in [0, 0.1) is 6.92 Å². The number of anilines is 1. The minimum atomic E-state index is -0.791. The standard InChI is InChI=1S/C10H12BrNO2/c1-7-2-3-9(8(11)6-7)12-5-4-10(13)14/h2-3,6,12H,4-5H2,1H3,(H,13,14). The van der Waals surface area contributed by atoms with Crippen LogP contribution in [0.2, 0.25) is 0 Å². The maximum atomic E-state index is 10.3. The molecule has 76 valence electrons. The zero-order valence-corrected chi connectivity index (χ0v) is 9.47. The third-order valence-electron chi connectivity index (χ3n) is 1.78. The van der Waals surface area contributed by atoms with Crippen molar-refractivity contribution in [3.8, 4) is 0 Å². The molecule has 0 fully saturated rings. The van der Waals surface area contributed by atoms with E-state index in [-0.39, 0.29) is 6.42 Å². The van der Waals surface area contributed by atoms with Gasteiger partial charge in [-0.1, -0.05) is 6.07 Å². The van der Waals surface area contributed by atoms with Crippen molar-refractivity contribution in [1.82, 2.24) is 0 Å². The lowest BCUT2D eigenvalue weighted by Gasteiger charge is -2.07. The number of carboxylic acid groups (broad SMARTS) is 1. The summed E-state index contributed by atoms with van der Waals surface area (Å²) in [7, 11) is 0. The molecule has 0 bridgehead atoms. The number of carboxylic acids is 1. The monoisotopic (exact) mass is 257 g/mol. The Morgan fingerprint density at radius 1 is 1.57 bits per heavy atom. The second-order valence-corrected chi connectivity index (χ2v) is 3.91. The van der Waals surface area contributed by atoms with Crippen LogP contribution in [0.5, 0.6) is 0 Å². The zero-order valence-electron chi connectivity index (χ0n) is 7.88. The van der Waals surface area contributed by atoms with E-state index in [1.807, 2.05) is 25.1 Å². The Morgan fingerprint density at radius 3 is 2.86 bits per heavy atom. The zero-order chi connectivity index (χ0) is 10.6. The van der Waals surface area contributed by atoms with Crippen molar-refractivity contribution >= 4 is 27.6 Å². The van der Waals surface area contributed by atoms with Gasteiger partial charge < -0.3 is 10.4 Å². The highest BCUT2D eigenvalue weighted by atomic mass is 79.9. The van der Waals surface area contributed by atoms with Crippen molar-refractivity contribution in [3.05, 3.63) is 28.2 Å². The van der Waals surface area contributed by atoms with Gasteiger partial charge >= 0.3 is 5.97 Å². The summed E-state index contributed by atoms with van der Waals surface area (Å²) in [6, 6.07) is 5.90. The average Bonchev–Trinajstić information content (AvgIpc) is 2.08. The molecule has 0 aliphatic rings. The molecule has 2 N–H and O–H groups in total. The fourth-order valence-electron chi connectivity index (χ4n) is 1.07. The molecule has 0 aromatic heterocycles. The molecule has 4 heteroatoms. The summed E-state index contributed by atoms with van der Waals surface area (Å²) in [6.45, 7) is 2.45. The van der Waals surface area contributed by atoms with Crippen molar-refractivity contribution < 1.29 is 9.90 Å². The molecule has 0 aliphatic carbocycles. The molecule has 1 aromatic rings. The predicted octanol–water partition coefficient (Wildman–Crippen LogP) is 2.64. The lowest BCUT2D eigenvalue weighted by molar-refractivity contribution is -0.136. The highest BCUT2D eigenvalue weighted by Gasteiger charge is 2.00. The van der Waals surface area contributed by atoms with Gasteiger partial charge in [0.15, 0.2) is 0 Å². The Kier molecular flexibility index (Phi) is 3.95. The molecule has 0 radical (unpaired) electrons. The Hall–Kier alpha value is -1.03. The van der Waals surface area contributed by atoms with Gasteiger partial charge in [0.2, 0.25) is 0 Å². The normalized spacial score (nSPS) is 9.86. The Labute approximate surface area is 91.3 Å². The van der Waals surface area contributed by atoms with Crippen LogP contribution in [0.15, 0.2) is 22.7 Å². The second kappa shape index (κ2) is 5.00. The Bertz CT molecular complexity index is 339. The van der Waals surface area contributed by atoms with Crippen LogP contribution >= 0.6 is 15.9 Å². The topological polar surface area (TPSA) is 49.3 Å². The Morgan fingerprint density at radius 2 is 2.29 bits per heavy atom. The maximum absolute atomic E-state index is 10.3.